The van der Waals surface area contributed by atoms with Crippen LogP contribution in [0.4, 0.5) is 0 Å². The van der Waals surface area contributed by atoms with Crippen LogP contribution >= 0.6 is 0 Å². The molecule has 3 unspecified atom stereocenters. The van der Waals surface area contributed by atoms with Crippen LogP contribution in [0.25, 0.3) is 0 Å². The third kappa shape index (κ3) is 9.94. The molecule has 0 aliphatic rings. The predicted octanol–water partition coefficient (Wildman–Crippen LogP) is 5.40. The monoisotopic (exact) mass is 255 g/mol. The minimum absolute atomic E-state index is 0.622. The van der Waals surface area contributed by atoms with E-state index in [1.165, 1.54) is 44.9 Å². The minimum atomic E-state index is 0.622. The van der Waals surface area contributed by atoms with Gasteiger partial charge in [-0.3, -0.25) is 0 Å². The first-order chi connectivity index (χ1) is 8.47. The summed E-state index contributed by atoms with van der Waals surface area (Å²) in [6, 6.07) is 1.31. The molecule has 0 fully saturated rings. The maximum atomic E-state index is 3.57. The highest BCUT2D eigenvalue weighted by Crippen LogP contribution is 2.21. The van der Waals surface area contributed by atoms with Gasteiger partial charge < -0.3 is 5.32 Å². The summed E-state index contributed by atoms with van der Waals surface area (Å²) < 4.78 is 0. The minimum Gasteiger partial charge on any atom is -0.312 e. The molecule has 1 nitrogen and oxygen atoms in total. The van der Waals surface area contributed by atoms with Crippen molar-refractivity contribution in [2.45, 2.75) is 98.6 Å². The second kappa shape index (κ2) is 10.8. The smallest absolute Gasteiger partial charge is 0.00410 e. The van der Waals surface area contributed by atoms with Crippen molar-refractivity contribution in [2.24, 2.45) is 11.8 Å². The largest absolute Gasteiger partial charge is 0.312 e. The van der Waals surface area contributed by atoms with Gasteiger partial charge in [0.1, 0.15) is 0 Å². The molecular weight excluding hydrogens is 218 g/mol. The first-order valence-corrected chi connectivity index (χ1v) is 8.23. The molecule has 0 aromatic carbocycles. The van der Waals surface area contributed by atoms with Gasteiger partial charge >= 0.3 is 0 Å². The van der Waals surface area contributed by atoms with Gasteiger partial charge in [-0.25, -0.2) is 0 Å². The average molecular weight is 255 g/mol. The van der Waals surface area contributed by atoms with Crippen LogP contribution in [0, 0.1) is 11.8 Å². The van der Waals surface area contributed by atoms with Crippen molar-refractivity contribution in [3.05, 3.63) is 0 Å². The summed E-state index contributed by atoms with van der Waals surface area (Å²) in [5.74, 6) is 1.82. The Morgan fingerprint density at radius 3 is 1.78 bits per heavy atom. The fourth-order valence-corrected chi connectivity index (χ4v) is 2.61. The van der Waals surface area contributed by atoms with Gasteiger partial charge in [0.2, 0.25) is 0 Å². The molecule has 110 valence electrons. The van der Waals surface area contributed by atoms with Crippen molar-refractivity contribution >= 4 is 0 Å². The van der Waals surface area contributed by atoms with Gasteiger partial charge in [0.15, 0.2) is 0 Å². The zero-order chi connectivity index (χ0) is 14.0. The van der Waals surface area contributed by atoms with Crippen LogP contribution < -0.4 is 5.32 Å². The van der Waals surface area contributed by atoms with Crippen LogP contribution in [0.3, 0.4) is 0 Å². The number of nitrogens with one attached hydrogen (secondary N) is 1. The Morgan fingerprint density at radius 2 is 1.28 bits per heavy atom. The van der Waals surface area contributed by atoms with E-state index in [-0.39, 0.29) is 0 Å². The lowest BCUT2D eigenvalue weighted by atomic mass is 9.89. The molecule has 0 heterocycles. The lowest BCUT2D eigenvalue weighted by Gasteiger charge is -2.18. The van der Waals surface area contributed by atoms with Crippen molar-refractivity contribution in [3.63, 3.8) is 0 Å². The van der Waals surface area contributed by atoms with Crippen molar-refractivity contribution < 1.29 is 0 Å². The van der Waals surface area contributed by atoms with E-state index in [2.05, 4.69) is 46.9 Å². The zero-order valence-electron chi connectivity index (χ0n) is 13.8. The van der Waals surface area contributed by atoms with E-state index in [0.717, 1.165) is 11.8 Å². The second-order valence-corrected chi connectivity index (χ2v) is 6.58. The van der Waals surface area contributed by atoms with Gasteiger partial charge in [0.25, 0.3) is 0 Å². The van der Waals surface area contributed by atoms with Crippen LogP contribution in [0.5, 0.6) is 0 Å². The summed E-state index contributed by atoms with van der Waals surface area (Å²) >= 11 is 0. The van der Waals surface area contributed by atoms with E-state index in [9.17, 15) is 0 Å². The summed E-state index contributed by atoms with van der Waals surface area (Å²) in [7, 11) is 0. The molecule has 0 saturated carbocycles. The van der Waals surface area contributed by atoms with Crippen LogP contribution in [-0.2, 0) is 0 Å². The topological polar surface area (TPSA) is 12.0 Å². The van der Waals surface area contributed by atoms with Gasteiger partial charge in [-0.05, 0) is 25.2 Å². The highest BCUT2D eigenvalue weighted by Gasteiger charge is 2.09. The first kappa shape index (κ1) is 18.0. The molecule has 1 heteroatoms. The van der Waals surface area contributed by atoms with Crippen LogP contribution in [0.2, 0.25) is 0 Å². The molecule has 0 rings (SSSR count). The Kier molecular flexibility index (Phi) is 10.8. The van der Waals surface area contributed by atoms with Crippen molar-refractivity contribution in [1.82, 2.24) is 5.32 Å². The normalized spacial score (nSPS) is 16.8. The third-order valence-corrected chi connectivity index (χ3v) is 4.28. The molecular formula is C17H37N. The third-order valence-electron chi connectivity index (χ3n) is 4.28. The molecule has 0 aromatic heterocycles. The number of hydrogen-bond acceptors (Lipinski definition) is 1. The lowest BCUT2D eigenvalue weighted by Crippen LogP contribution is -2.32. The number of unbranched alkanes of at least 4 members (excludes halogenated alkanes) is 3. The highest BCUT2D eigenvalue weighted by atomic mass is 14.9. The molecule has 0 aliphatic heterocycles. The Balaban J connectivity index is 3.35. The Morgan fingerprint density at radius 1 is 0.722 bits per heavy atom. The van der Waals surface area contributed by atoms with E-state index in [4.69, 9.17) is 0 Å². The summed E-state index contributed by atoms with van der Waals surface area (Å²) in [6.07, 6.45) is 9.75. The fourth-order valence-electron chi connectivity index (χ4n) is 2.61. The molecule has 0 aromatic rings. The number of rotatable bonds is 11. The Hall–Kier alpha value is -0.0400. The van der Waals surface area contributed by atoms with Crippen molar-refractivity contribution in [1.29, 1.82) is 0 Å². The quantitative estimate of drug-likeness (QED) is 0.488. The maximum absolute atomic E-state index is 3.57. The molecule has 18 heavy (non-hydrogen) atoms. The Labute approximate surface area is 116 Å². The van der Waals surface area contributed by atoms with E-state index < -0.39 is 0 Å². The summed E-state index contributed by atoms with van der Waals surface area (Å²) in [4.78, 5) is 0. The van der Waals surface area contributed by atoms with Gasteiger partial charge in [0, 0.05) is 12.1 Å². The van der Waals surface area contributed by atoms with E-state index >= 15 is 0 Å². The molecule has 0 amide bonds. The second-order valence-electron chi connectivity index (χ2n) is 6.58. The molecule has 3 atom stereocenters. The molecule has 0 saturated heterocycles. The molecule has 0 bridgehead atoms. The van der Waals surface area contributed by atoms with E-state index in [1.54, 1.807) is 0 Å². The van der Waals surface area contributed by atoms with E-state index in [1.807, 2.05) is 0 Å². The van der Waals surface area contributed by atoms with Crippen LogP contribution in [-0.4, -0.2) is 12.1 Å². The summed E-state index contributed by atoms with van der Waals surface area (Å²) in [5.41, 5.74) is 0. The number of hydrogen-bond donors (Lipinski definition) is 1. The maximum Gasteiger partial charge on any atom is 0.00410 e. The predicted molar refractivity (Wildman–Crippen MR) is 84.1 cm³/mol. The van der Waals surface area contributed by atoms with Crippen LogP contribution in [0.1, 0.15) is 86.5 Å². The molecule has 1 N–H and O–H groups in total. The molecule has 0 spiro atoms. The summed E-state index contributed by atoms with van der Waals surface area (Å²) in [6.45, 7) is 13.9. The Bertz CT molecular complexity index is 176. The standard InChI is InChI=1S/C17H37N/c1-7-15(4)16(5)12-10-8-9-11-13-17(6)18-14(2)3/h14-18H,7-13H2,1-6H3. The van der Waals surface area contributed by atoms with Crippen molar-refractivity contribution in [2.75, 3.05) is 0 Å². The van der Waals surface area contributed by atoms with Gasteiger partial charge in [-0.2, -0.15) is 0 Å². The summed E-state index contributed by atoms with van der Waals surface area (Å²) in [5, 5.41) is 3.57. The van der Waals surface area contributed by atoms with Gasteiger partial charge in [-0.1, -0.05) is 73.1 Å². The molecule has 0 radical (unpaired) electrons. The first-order valence-electron chi connectivity index (χ1n) is 8.23. The lowest BCUT2D eigenvalue weighted by molar-refractivity contribution is 0.341. The average Bonchev–Trinajstić information content (AvgIpc) is 2.31. The highest BCUT2D eigenvalue weighted by molar-refractivity contribution is 4.64. The van der Waals surface area contributed by atoms with Gasteiger partial charge in [-0.15, -0.1) is 0 Å². The van der Waals surface area contributed by atoms with Crippen molar-refractivity contribution in [3.8, 4) is 0 Å². The van der Waals surface area contributed by atoms with Crippen LogP contribution in [0.15, 0.2) is 0 Å². The zero-order valence-corrected chi connectivity index (χ0v) is 13.8. The fraction of sp³-hybridized carbons (Fsp3) is 1.00. The molecule has 0 aliphatic carbocycles. The van der Waals surface area contributed by atoms with E-state index in [0.29, 0.717) is 12.1 Å². The SMILES string of the molecule is CCC(C)C(C)CCCCCCC(C)NC(C)C. The van der Waals surface area contributed by atoms with Gasteiger partial charge in [0.05, 0.1) is 0 Å².